The van der Waals surface area contributed by atoms with Crippen LogP contribution in [-0.2, 0) is 55.8 Å². The number of amides is 6. The van der Waals surface area contributed by atoms with E-state index >= 15 is 0 Å². The van der Waals surface area contributed by atoms with Gasteiger partial charge in [-0.05, 0) is 249 Å². The lowest BCUT2D eigenvalue weighted by molar-refractivity contribution is 0.0517. The second kappa shape index (κ2) is 35.0. The number of ether oxygens (including phenoxy) is 5. The summed E-state index contributed by atoms with van der Waals surface area (Å²) in [6.07, 6.45) is -0.830. The molecular formula is C72H97N10O17P3. The van der Waals surface area contributed by atoms with Gasteiger partial charge in [-0.3, -0.25) is 10.2 Å². The first-order valence-corrected chi connectivity index (χ1v) is 37.9. The first-order chi connectivity index (χ1) is 47.8. The Kier molecular flexibility index (Phi) is 27.4. The van der Waals surface area contributed by atoms with Crippen molar-refractivity contribution >= 4 is 59.4 Å². The van der Waals surface area contributed by atoms with Gasteiger partial charge in [0, 0.05) is 38.3 Å². The maximum absolute atomic E-state index is 12.9. The van der Waals surface area contributed by atoms with E-state index in [0.29, 0.717) is 32.1 Å². The van der Waals surface area contributed by atoms with Crippen LogP contribution < -0.4 is 65.0 Å². The molecule has 30 heteroatoms. The predicted octanol–water partition coefficient (Wildman–Crippen LogP) is 16.3. The first kappa shape index (κ1) is 79.9. The molecule has 0 saturated heterocycles. The molecule has 0 aliphatic carbocycles. The molecule has 102 heavy (non-hydrogen) atoms. The van der Waals surface area contributed by atoms with Crippen molar-refractivity contribution in [3.63, 3.8) is 0 Å². The van der Waals surface area contributed by atoms with Crippen LogP contribution in [0.3, 0.4) is 0 Å². The number of nitrogens with two attached hydrogens (primary N) is 1. The predicted molar refractivity (Wildman–Crippen MR) is 392 cm³/mol. The normalized spacial score (nSPS) is 14.7. The third kappa shape index (κ3) is 28.5. The standard InChI is InChI=1S/C72H97N10O17P3/c1-68(2,3)89-63(84)74-45-40-50-16-28-56(29-17-50)94-100(95-57-30-18-51(19-31-57)41-46-75-64(85)90-69(4,5)6)80-101(96-58-32-20-52(21-33-58)42-47-76-65(86)91-70(7,8)9,97-59-34-22-53(23-35-59)43-48-77-66(87)92-71(10,11)12)82-102(81-100,99-61-38-26-55(27-39-61)62(83)79-73)98-60-36-24-54(25-37-60)44-49-78-67(88)93-72(13,14)15/h16-39H,40-49,73H2,1-15H3,(H,74,84)(H,75,85)(H,76,86)(H,77,87)(H,78,88)(H,79,83). The summed E-state index contributed by atoms with van der Waals surface area (Å²) in [7, 11) is -13.7. The number of nitrogens with zero attached hydrogens (tertiary/aromatic N) is 3. The van der Waals surface area contributed by atoms with Gasteiger partial charge in [-0.25, -0.2) is 29.8 Å². The van der Waals surface area contributed by atoms with E-state index in [2.05, 4.69) is 32.0 Å². The number of rotatable bonds is 28. The maximum atomic E-state index is 12.9. The fraction of sp³-hybridized carbons (Fsp3) is 0.417. The summed E-state index contributed by atoms with van der Waals surface area (Å²) in [4.78, 5) is 76.3. The van der Waals surface area contributed by atoms with Crippen LogP contribution in [0.25, 0.3) is 0 Å². The SMILES string of the molecule is CC(C)(C)OC(=O)NCCc1ccc(OP2(Oc3ccc(CCNC(=O)OC(C)(C)C)cc3)=NP(Oc3ccc(CCNC(=O)OC(C)(C)C)cc3)(Oc3ccc(CCNC(=O)OC(C)(C)C)cc3)=NP(Oc3ccc(CCNC(=O)OC(C)(C)C)cc3)(Oc3ccc(C(=O)NN)cc3)=N2)cc1. The minimum atomic E-state index is -4.59. The topological polar surface area (TPSA) is 339 Å². The molecule has 552 valence electrons. The maximum Gasteiger partial charge on any atom is 0.460 e. The van der Waals surface area contributed by atoms with E-state index in [9.17, 15) is 28.8 Å². The van der Waals surface area contributed by atoms with Gasteiger partial charge in [0.25, 0.3) is 5.91 Å². The molecule has 0 radical (unpaired) electrons. The van der Waals surface area contributed by atoms with Crippen molar-refractivity contribution in [2.24, 2.45) is 19.4 Å². The van der Waals surface area contributed by atoms with Gasteiger partial charge in [0.1, 0.15) is 62.5 Å². The third-order valence-corrected chi connectivity index (χ3v) is 21.4. The summed E-state index contributed by atoms with van der Waals surface area (Å²) in [5.41, 5.74) is 2.85. The molecule has 7 rings (SSSR count). The minimum absolute atomic E-state index is 0.0923. The monoisotopic (exact) mass is 1470 g/mol. The van der Waals surface area contributed by atoms with E-state index in [0.717, 1.165) is 27.8 Å². The average Bonchev–Trinajstić information content (AvgIpc) is 0.730. The van der Waals surface area contributed by atoms with E-state index in [4.69, 9.17) is 70.2 Å². The summed E-state index contributed by atoms with van der Waals surface area (Å²) in [6.45, 7) is 27.9. The lowest BCUT2D eigenvalue weighted by Crippen LogP contribution is -2.33. The van der Waals surface area contributed by atoms with Gasteiger partial charge in [-0.15, -0.1) is 0 Å². The van der Waals surface area contributed by atoms with Crippen molar-refractivity contribution in [2.75, 3.05) is 32.7 Å². The smallest absolute Gasteiger partial charge is 0.444 e. The van der Waals surface area contributed by atoms with Crippen LogP contribution in [0, 0.1) is 0 Å². The summed E-state index contributed by atoms with van der Waals surface area (Å²) < 4.78 is 86.7. The molecule has 1 aliphatic heterocycles. The first-order valence-electron chi connectivity index (χ1n) is 33.3. The minimum Gasteiger partial charge on any atom is -0.444 e. The van der Waals surface area contributed by atoms with Crippen molar-refractivity contribution in [3.05, 3.63) is 179 Å². The highest BCUT2D eigenvalue weighted by molar-refractivity contribution is 7.79. The van der Waals surface area contributed by atoms with Gasteiger partial charge >= 0.3 is 53.4 Å². The molecular weight excluding hydrogens is 1370 g/mol. The second-order valence-corrected chi connectivity index (χ2v) is 34.6. The largest absolute Gasteiger partial charge is 0.460 e. The lowest BCUT2D eigenvalue weighted by atomic mass is 10.1. The number of nitrogen functional groups attached to an aromatic ring is 1. The Hall–Kier alpha value is -9.41. The van der Waals surface area contributed by atoms with E-state index in [-0.39, 0.29) is 72.8 Å². The summed E-state index contributed by atoms with van der Waals surface area (Å²) >= 11 is 0. The average molecular weight is 1470 g/mol. The Bertz CT molecular complexity index is 3670. The van der Waals surface area contributed by atoms with Crippen LogP contribution >= 0.6 is 23.0 Å². The zero-order valence-corrected chi connectivity index (χ0v) is 63.3. The Morgan fingerprint density at radius 2 is 0.461 bits per heavy atom. The molecule has 1 atom stereocenters. The molecule has 0 saturated carbocycles. The molecule has 27 nitrogen and oxygen atoms in total. The van der Waals surface area contributed by atoms with Gasteiger partial charge < -0.3 is 77.4 Å². The Morgan fingerprint density at radius 3 is 0.618 bits per heavy atom. The van der Waals surface area contributed by atoms with Gasteiger partial charge in [-0.2, -0.15) is 0 Å². The van der Waals surface area contributed by atoms with Gasteiger partial charge in [0.15, 0.2) is 0 Å². The molecule has 0 spiro atoms. The molecule has 1 aliphatic rings. The van der Waals surface area contributed by atoms with Crippen LogP contribution in [0.4, 0.5) is 24.0 Å². The molecule has 0 fully saturated rings. The molecule has 6 aromatic carbocycles. The quantitative estimate of drug-likeness (QED) is 0.00789. The van der Waals surface area contributed by atoms with Crippen molar-refractivity contribution < 1.29 is 79.6 Å². The third-order valence-electron chi connectivity index (χ3n) is 13.3. The second-order valence-electron chi connectivity index (χ2n) is 28.4. The van der Waals surface area contributed by atoms with Crippen molar-refractivity contribution in [2.45, 2.75) is 164 Å². The number of carbonyl (C=O) groups excluding carboxylic acids is 6. The number of hydrazine groups is 1. The molecule has 0 bridgehead atoms. The zero-order chi connectivity index (χ0) is 74.6. The summed E-state index contributed by atoms with van der Waals surface area (Å²) in [5, 5.41) is 14.0. The van der Waals surface area contributed by atoms with Crippen LogP contribution in [0.2, 0.25) is 0 Å². The molecule has 6 amide bonds. The van der Waals surface area contributed by atoms with Crippen molar-refractivity contribution in [1.29, 1.82) is 0 Å². The number of hydrogen-bond acceptors (Lipinski definition) is 21. The number of alkyl carbamates (subject to hydrolysis) is 5. The molecule has 6 aromatic rings. The lowest BCUT2D eigenvalue weighted by Gasteiger charge is -2.33. The van der Waals surface area contributed by atoms with Crippen LogP contribution in [0.5, 0.6) is 34.5 Å². The molecule has 1 heterocycles. The number of benzene rings is 6. The van der Waals surface area contributed by atoms with Crippen LogP contribution in [-0.4, -0.2) is 97.1 Å². The van der Waals surface area contributed by atoms with E-state index < -0.39 is 87.4 Å². The highest BCUT2D eigenvalue weighted by atomic mass is 31.3. The van der Waals surface area contributed by atoms with Crippen LogP contribution in [0.1, 0.15) is 142 Å². The highest BCUT2D eigenvalue weighted by Gasteiger charge is 2.49. The van der Waals surface area contributed by atoms with Gasteiger partial charge in [0.05, 0.1) is 0 Å². The van der Waals surface area contributed by atoms with Crippen molar-refractivity contribution in [3.8, 4) is 34.5 Å². The van der Waals surface area contributed by atoms with E-state index in [1.165, 1.54) is 24.3 Å². The van der Waals surface area contributed by atoms with Crippen molar-refractivity contribution in [1.82, 2.24) is 32.0 Å². The molecule has 0 aromatic heterocycles. The number of nitrogens with one attached hydrogen (secondary N) is 6. The Labute approximate surface area is 597 Å². The van der Waals surface area contributed by atoms with Gasteiger partial charge in [-0.1, -0.05) is 74.2 Å². The molecule has 8 N–H and O–H groups in total. The summed E-state index contributed by atoms with van der Waals surface area (Å²) in [5.74, 6) is 6.04. The number of hydrogen-bond donors (Lipinski definition) is 7. The van der Waals surface area contributed by atoms with Crippen LogP contribution in [0.15, 0.2) is 159 Å². The molecule has 1 unspecified atom stereocenters. The number of carbonyl (C=O) groups is 6. The Balaban J connectivity index is 1.45. The Morgan fingerprint density at radius 1 is 0.294 bits per heavy atom. The van der Waals surface area contributed by atoms with E-state index in [1.54, 1.807) is 225 Å². The fourth-order valence-corrected chi connectivity index (χ4v) is 18.1. The highest BCUT2D eigenvalue weighted by Crippen LogP contribution is 2.78. The van der Waals surface area contributed by atoms with E-state index in [1.807, 2.05) is 0 Å². The fourth-order valence-electron chi connectivity index (χ4n) is 9.03. The van der Waals surface area contributed by atoms with Gasteiger partial charge in [0.2, 0.25) is 0 Å². The zero-order valence-electron chi connectivity index (χ0n) is 60.6. The summed E-state index contributed by atoms with van der Waals surface area (Å²) in [6, 6.07) is 41.0.